The maximum absolute atomic E-state index is 12.5. The Kier molecular flexibility index (Phi) is 5.73. The van der Waals surface area contributed by atoms with Crippen molar-refractivity contribution >= 4 is 17.7 Å². The number of methoxy groups -OCH3 is 1. The molecule has 22 heavy (non-hydrogen) atoms. The third-order valence-electron chi connectivity index (χ3n) is 4.03. The van der Waals surface area contributed by atoms with Gasteiger partial charge in [0, 0.05) is 0 Å². The average Bonchev–Trinajstić information content (AvgIpc) is 2.56. The molecule has 0 radical (unpaired) electrons. The minimum absolute atomic E-state index is 0.0839. The summed E-state index contributed by atoms with van der Waals surface area (Å²) in [6.45, 7) is 1.86. The van der Waals surface area contributed by atoms with E-state index in [2.05, 4.69) is 11.4 Å². The molecule has 0 bridgehead atoms. The van der Waals surface area contributed by atoms with E-state index in [0.29, 0.717) is 0 Å². The summed E-state index contributed by atoms with van der Waals surface area (Å²) in [7, 11) is 1.62. The minimum Gasteiger partial charge on any atom is -0.496 e. The van der Waals surface area contributed by atoms with E-state index in [1.54, 1.807) is 7.11 Å². The highest BCUT2D eigenvalue weighted by atomic mass is 32.2. The zero-order valence-electron chi connectivity index (χ0n) is 13.1. The van der Waals surface area contributed by atoms with Crippen LogP contribution in [0.25, 0.3) is 0 Å². The smallest absolute Gasteiger partial charge is 0.234 e. The van der Waals surface area contributed by atoms with Gasteiger partial charge in [0.1, 0.15) is 11.3 Å². The van der Waals surface area contributed by atoms with E-state index in [1.165, 1.54) is 11.8 Å². The highest BCUT2D eigenvalue weighted by Gasteiger charge is 2.34. The first-order valence-corrected chi connectivity index (χ1v) is 8.51. The second-order valence-corrected chi connectivity index (χ2v) is 7.04. The molecule has 1 aliphatic rings. The van der Waals surface area contributed by atoms with Gasteiger partial charge in [-0.05, 0) is 31.9 Å². The summed E-state index contributed by atoms with van der Waals surface area (Å²) in [5.41, 5.74) is -0.676. The van der Waals surface area contributed by atoms with Crippen LogP contribution < -0.4 is 10.1 Å². The fourth-order valence-electron chi connectivity index (χ4n) is 2.72. The Morgan fingerprint density at radius 3 is 2.68 bits per heavy atom. The molecular weight excluding hydrogens is 296 g/mol. The molecule has 0 heterocycles. The third-order valence-corrected chi connectivity index (χ3v) is 5.18. The number of nitriles is 1. The molecule has 1 fully saturated rings. The van der Waals surface area contributed by atoms with Crippen molar-refractivity contribution in [3.8, 4) is 11.8 Å². The highest BCUT2D eigenvalue weighted by Crippen LogP contribution is 2.33. The zero-order chi connectivity index (χ0) is 16.0. The largest absolute Gasteiger partial charge is 0.496 e. The van der Waals surface area contributed by atoms with Crippen molar-refractivity contribution in [3.05, 3.63) is 24.3 Å². The van der Waals surface area contributed by atoms with Crippen molar-refractivity contribution < 1.29 is 9.53 Å². The molecule has 2 rings (SSSR count). The van der Waals surface area contributed by atoms with Crippen LogP contribution in [0, 0.1) is 11.3 Å². The van der Waals surface area contributed by atoms with Gasteiger partial charge in [-0.2, -0.15) is 5.26 Å². The van der Waals surface area contributed by atoms with Gasteiger partial charge in [0.15, 0.2) is 0 Å². The fourth-order valence-corrected chi connectivity index (χ4v) is 3.69. The van der Waals surface area contributed by atoms with Crippen molar-refractivity contribution in [2.75, 3.05) is 7.11 Å². The molecule has 0 spiro atoms. The summed E-state index contributed by atoms with van der Waals surface area (Å²) in [4.78, 5) is 13.4. The number of carbonyl (C=O) groups excluding carboxylic acids is 1. The summed E-state index contributed by atoms with van der Waals surface area (Å²) in [6.07, 6.45) is 4.65. The lowest BCUT2D eigenvalue weighted by atomic mass is 9.83. The van der Waals surface area contributed by atoms with Gasteiger partial charge in [-0.3, -0.25) is 4.79 Å². The van der Waals surface area contributed by atoms with Crippen LogP contribution in [-0.2, 0) is 4.79 Å². The van der Waals surface area contributed by atoms with E-state index in [4.69, 9.17) is 4.74 Å². The van der Waals surface area contributed by atoms with Crippen molar-refractivity contribution in [2.45, 2.75) is 54.7 Å². The first-order valence-electron chi connectivity index (χ1n) is 7.63. The molecule has 1 N–H and O–H groups in total. The molecule has 1 amide bonds. The molecule has 0 aromatic heterocycles. The minimum atomic E-state index is -0.676. The normalized spacial score (nSPS) is 18.0. The Morgan fingerprint density at radius 2 is 2.05 bits per heavy atom. The Bertz CT molecular complexity index is 562. The van der Waals surface area contributed by atoms with E-state index in [1.807, 2.05) is 31.2 Å². The van der Waals surface area contributed by atoms with Crippen LogP contribution in [0.15, 0.2) is 29.2 Å². The summed E-state index contributed by atoms with van der Waals surface area (Å²) in [5, 5.41) is 12.2. The Morgan fingerprint density at radius 1 is 1.36 bits per heavy atom. The number of hydrogen-bond acceptors (Lipinski definition) is 4. The van der Waals surface area contributed by atoms with Crippen LogP contribution in [-0.4, -0.2) is 23.8 Å². The number of benzene rings is 1. The van der Waals surface area contributed by atoms with Gasteiger partial charge < -0.3 is 10.1 Å². The first-order chi connectivity index (χ1) is 10.6. The first kappa shape index (κ1) is 16.7. The number of carbonyl (C=O) groups is 1. The van der Waals surface area contributed by atoms with Crippen molar-refractivity contribution in [1.82, 2.24) is 5.32 Å². The molecule has 4 nitrogen and oxygen atoms in total. The van der Waals surface area contributed by atoms with Crippen molar-refractivity contribution in [1.29, 1.82) is 5.26 Å². The Hall–Kier alpha value is -1.67. The quantitative estimate of drug-likeness (QED) is 0.844. The molecule has 0 saturated heterocycles. The second kappa shape index (κ2) is 7.55. The lowest BCUT2D eigenvalue weighted by molar-refractivity contribution is -0.121. The number of para-hydroxylation sites is 1. The summed E-state index contributed by atoms with van der Waals surface area (Å²) >= 11 is 1.45. The number of rotatable bonds is 5. The van der Waals surface area contributed by atoms with E-state index >= 15 is 0 Å². The molecule has 1 aromatic carbocycles. The molecule has 1 aliphatic carbocycles. The molecule has 118 valence electrons. The molecule has 1 saturated carbocycles. The monoisotopic (exact) mass is 318 g/mol. The van der Waals surface area contributed by atoms with Crippen LogP contribution in [0.3, 0.4) is 0 Å². The summed E-state index contributed by atoms with van der Waals surface area (Å²) in [5.74, 6) is 0.680. The second-order valence-electron chi connectivity index (χ2n) is 5.65. The standard InChI is InChI=1S/C17H22N2O2S/c1-13(22-15-9-5-4-8-14(15)21-2)16(20)19-17(12-18)10-6-3-7-11-17/h4-5,8-9,13H,3,6-7,10-11H2,1-2H3,(H,19,20). The lowest BCUT2D eigenvalue weighted by Crippen LogP contribution is -2.50. The highest BCUT2D eigenvalue weighted by molar-refractivity contribution is 8.00. The maximum Gasteiger partial charge on any atom is 0.234 e. The number of nitrogens with zero attached hydrogens (tertiary/aromatic N) is 1. The molecule has 0 aliphatic heterocycles. The maximum atomic E-state index is 12.5. The van der Waals surface area contributed by atoms with Gasteiger partial charge in [0.2, 0.25) is 5.91 Å². The third kappa shape index (κ3) is 3.95. The van der Waals surface area contributed by atoms with Gasteiger partial charge in [-0.15, -0.1) is 11.8 Å². The van der Waals surface area contributed by atoms with Gasteiger partial charge in [0.05, 0.1) is 23.3 Å². The van der Waals surface area contributed by atoms with E-state index in [0.717, 1.165) is 42.7 Å². The van der Waals surface area contributed by atoms with Gasteiger partial charge in [-0.25, -0.2) is 0 Å². The molecule has 5 heteroatoms. The van der Waals surface area contributed by atoms with Crippen LogP contribution in [0.1, 0.15) is 39.0 Å². The van der Waals surface area contributed by atoms with E-state index < -0.39 is 5.54 Å². The van der Waals surface area contributed by atoms with Gasteiger partial charge >= 0.3 is 0 Å². The summed E-state index contributed by atoms with van der Waals surface area (Å²) in [6, 6.07) is 9.97. The van der Waals surface area contributed by atoms with E-state index in [9.17, 15) is 10.1 Å². The lowest BCUT2D eigenvalue weighted by Gasteiger charge is -2.32. The van der Waals surface area contributed by atoms with Crippen molar-refractivity contribution in [2.24, 2.45) is 0 Å². The zero-order valence-corrected chi connectivity index (χ0v) is 13.9. The molecule has 1 aromatic rings. The number of nitrogens with one attached hydrogen (secondary N) is 1. The number of hydrogen-bond donors (Lipinski definition) is 1. The van der Waals surface area contributed by atoms with Crippen LogP contribution in [0.4, 0.5) is 0 Å². The topological polar surface area (TPSA) is 62.1 Å². The van der Waals surface area contributed by atoms with E-state index in [-0.39, 0.29) is 11.2 Å². The number of thioether (sulfide) groups is 1. The molecule has 1 unspecified atom stereocenters. The Balaban J connectivity index is 2.01. The van der Waals surface area contributed by atoms with Crippen LogP contribution in [0.5, 0.6) is 5.75 Å². The van der Waals surface area contributed by atoms with Crippen molar-refractivity contribution in [3.63, 3.8) is 0 Å². The van der Waals surface area contributed by atoms with Crippen LogP contribution >= 0.6 is 11.8 Å². The number of ether oxygens (including phenoxy) is 1. The fraction of sp³-hybridized carbons (Fsp3) is 0.529. The SMILES string of the molecule is COc1ccccc1SC(C)C(=O)NC1(C#N)CCCCC1. The van der Waals surface area contributed by atoms with Crippen LogP contribution in [0.2, 0.25) is 0 Å². The molecule has 1 atom stereocenters. The van der Waals surface area contributed by atoms with Gasteiger partial charge in [-0.1, -0.05) is 31.4 Å². The average molecular weight is 318 g/mol. The number of amides is 1. The molecular formula is C17H22N2O2S. The van der Waals surface area contributed by atoms with Gasteiger partial charge in [0.25, 0.3) is 0 Å². The predicted octanol–water partition coefficient (Wildman–Crippen LogP) is 3.52. The predicted molar refractivity (Wildman–Crippen MR) is 87.9 cm³/mol. The Labute approximate surface area is 136 Å². The summed E-state index contributed by atoms with van der Waals surface area (Å²) < 4.78 is 5.31.